The number of aromatic nitrogens is 2. The monoisotopic (exact) mass is 194 g/mol. The Morgan fingerprint density at radius 1 is 1.54 bits per heavy atom. The van der Waals surface area contributed by atoms with E-state index >= 15 is 0 Å². The quantitative estimate of drug-likeness (QED) is 0.522. The number of rotatable bonds is 1. The third-order valence-corrected chi connectivity index (χ3v) is 2.26. The largest absolute Gasteiger partial charge is 0.348 e. The molecule has 0 atom stereocenters. The van der Waals surface area contributed by atoms with Gasteiger partial charge in [0.1, 0.15) is 5.82 Å². The van der Waals surface area contributed by atoms with Gasteiger partial charge in [-0.3, -0.25) is 0 Å². The van der Waals surface area contributed by atoms with Crippen molar-refractivity contribution in [2.75, 3.05) is 0 Å². The summed E-state index contributed by atoms with van der Waals surface area (Å²) < 4.78 is 2.69. The van der Waals surface area contributed by atoms with Crippen LogP contribution in [0.15, 0.2) is 16.7 Å². The van der Waals surface area contributed by atoms with Crippen LogP contribution in [0.25, 0.3) is 0 Å². The molecule has 0 amide bonds. The van der Waals surface area contributed by atoms with Crippen LogP contribution >= 0.6 is 12.8 Å². The second-order valence-electron chi connectivity index (χ2n) is 3.07. The topological polar surface area (TPSA) is 41.0 Å². The van der Waals surface area contributed by atoms with E-state index in [1.54, 1.807) is 0 Å². The van der Waals surface area contributed by atoms with E-state index in [0.29, 0.717) is 0 Å². The zero-order valence-corrected chi connectivity index (χ0v) is 8.37. The second-order valence-corrected chi connectivity index (χ2v) is 3.30. The number of hydrogen-bond donors (Lipinski definition) is 2. The van der Waals surface area contributed by atoms with Crippen molar-refractivity contribution in [2.45, 2.75) is 31.6 Å². The molecule has 1 heterocycles. The molecule has 0 bridgehead atoms. The first-order valence-corrected chi connectivity index (χ1v) is 4.82. The first-order valence-electron chi connectivity index (χ1n) is 4.42. The SMILES string of the molecule is [B]=NS.c1c[nH]c(C2CCCC2)n1. The minimum absolute atomic E-state index is 0.731. The maximum Gasteiger partial charge on any atom is 0.109 e. The summed E-state index contributed by atoms with van der Waals surface area (Å²) in [6.45, 7) is 0. The molecule has 1 aliphatic rings. The van der Waals surface area contributed by atoms with Crippen LogP contribution in [-0.2, 0) is 0 Å². The molecule has 0 aliphatic heterocycles. The Bertz CT molecular complexity index is 232. The first kappa shape index (κ1) is 10.5. The molecular weight excluding hydrogens is 181 g/mol. The number of nitrogens with zero attached hydrogens (tertiary/aromatic N) is 2. The summed E-state index contributed by atoms with van der Waals surface area (Å²) in [5.41, 5.74) is 0. The number of H-pyrrole nitrogens is 1. The molecule has 1 aromatic heterocycles. The summed E-state index contributed by atoms with van der Waals surface area (Å²) in [4.78, 5) is 7.41. The van der Waals surface area contributed by atoms with Crippen LogP contribution in [0.1, 0.15) is 37.4 Å². The molecule has 1 saturated carbocycles. The third-order valence-electron chi connectivity index (χ3n) is 2.26. The van der Waals surface area contributed by atoms with Gasteiger partial charge in [0.15, 0.2) is 0 Å². The van der Waals surface area contributed by atoms with Crippen molar-refractivity contribution in [3.05, 3.63) is 18.2 Å². The molecule has 5 heteroatoms. The Kier molecular flexibility index (Phi) is 4.82. The van der Waals surface area contributed by atoms with Gasteiger partial charge in [-0.1, -0.05) is 12.8 Å². The molecule has 0 spiro atoms. The Hall–Kier alpha value is -0.575. The van der Waals surface area contributed by atoms with E-state index in [4.69, 9.17) is 0 Å². The molecular formula is C8H13BN3S. The third kappa shape index (κ3) is 3.34. The van der Waals surface area contributed by atoms with Crippen LogP contribution in [0.2, 0.25) is 0 Å². The minimum atomic E-state index is 0.731. The maximum atomic E-state index is 4.34. The van der Waals surface area contributed by atoms with Crippen LogP contribution < -0.4 is 0 Å². The van der Waals surface area contributed by atoms with Gasteiger partial charge in [-0.15, -0.1) is 0 Å². The van der Waals surface area contributed by atoms with Gasteiger partial charge in [0.05, 0.1) is 0 Å². The van der Waals surface area contributed by atoms with E-state index < -0.39 is 0 Å². The van der Waals surface area contributed by atoms with E-state index in [0.717, 1.165) is 5.92 Å². The molecule has 1 fully saturated rings. The number of hydrogen-bond acceptors (Lipinski definition) is 3. The van der Waals surface area contributed by atoms with Crippen molar-refractivity contribution in [3.63, 3.8) is 0 Å². The molecule has 1 radical (unpaired) electrons. The molecule has 13 heavy (non-hydrogen) atoms. The first-order chi connectivity index (χ1) is 6.38. The van der Waals surface area contributed by atoms with E-state index in [1.807, 2.05) is 12.4 Å². The van der Waals surface area contributed by atoms with Crippen LogP contribution in [0.5, 0.6) is 0 Å². The number of aromatic amines is 1. The van der Waals surface area contributed by atoms with E-state index in [2.05, 4.69) is 34.7 Å². The Morgan fingerprint density at radius 3 is 2.62 bits per heavy atom. The van der Waals surface area contributed by atoms with Crippen LogP contribution in [-0.4, -0.2) is 17.6 Å². The van der Waals surface area contributed by atoms with Gasteiger partial charge in [0.2, 0.25) is 0 Å². The zero-order valence-electron chi connectivity index (χ0n) is 7.48. The molecule has 0 saturated heterocycles. The predicted molar refractivity (Wildman–Crippen MR) is 57.0 cm³/mol. The average molecular weight is 194 g/mol. The van der Waals surface area contributed by atoms with Crippen LogP contribution in [0.3, 0.4) is 0 Å². The standard InChI is InChI=1S/C8H12N2.BHNS/c1-2-4-7(3-1)8-9-5-6-10-8;1-2-3/h5-7H,1-4H2,(H,9,10);3H. The van der Waals surface area contributed by atoms with Gasteiger partial charge in [-0.25, -0.2) is 4.98 Å². The van der Waals surface area contributed by atoms with E-state index in [-0.39, 0.29) is 0 Å². The van der Waals surface area contributed by atoms with Crippen molar-refractivity contribution in [1.29, 1.82) is 0 Å². The van der Waals surface area contributed by atoms with Gasteiger partial charge in [-0.2, -0.15) is 0 Å². The normalized spacial score (nSPS) is 16.3. The molecule has 69 valence electrons. The minimum Gasteiger partial charge on any atom is -0.348 e. The van der Waals surface area contributed by atoms with Crippen molar-refractivity contribution < 1.29 is 0 Å². The van der Waals surface area contributed by atoms with Crippen molar-refractivity contribution >= 4 is 20.5 Å². The maximum absolute atomic E-state index is 4.34. The average Bonchev–Trinajstić information content (AvgIpc) is 2.78. The van der Waals surface area contributed by atoms with Gasteiger partial charge >= 0.3 is 24.8 Å². The Labute approximate surface area is 85.0 Å². The van der Waals surface area contributed by atoms with Gasteiger partial charge < -0.3 is 4.98 Å². The summed E-state index contributed by atoms with van der Waals surface area (Å²) >= 11 is 3.19. The molecule has 1 aromatic rings. The van der Waals surface area contributed by atoms with Crippen molar-refractivity contribution in [1.82, 2.24) is 9.97 Å². The number of imidazole rings is 1. The number of nitrogens with one attached hydrogen (secondary N) is 1. The van der Waals surface area contributed by atoms with Crippen LogP contribution in [0.4, 0.5) is 0 Å². The summed E-state index contributed by atoms with van der Waals surface area (Å²) in [5, 5.41) is 0. The fourth-order valence-corrected chi connectivity index (χ4v) is 1.70. The van der Waals surface area contributed by atoms with Crippen molar-refractivity contribution in [3.8, 4) is 0 Å². The van der Waals surface area contributed by atoms with Gasteiger partial charge in [-0.05, 0) is 12.8 Å². The fourth-order valence-electron chi connectivity index (χ4n) is 1.70. The van der Waals surface area contributed by atoms with Crippen LogP contribution in [0, 0.1) is 0 Å². The van der Waals surface area contributed by atoms with Gasteiger partial charge in [0, 0.05) is 18.3 Å². The summed E-state index contributed by atoms with van der Waals surface area (Å²) in [6.07, 6.45) is 9.17. The number of thiol groups is 1. The smallest absolute Gasteiger partial charge is 0.109 e. The summed E-state index contributed by atoms with van der Waals surface area (Å²) in [5.74, 6) is 1.92. The summed E-state index contributed by atoms with van der Waals surface area (Å²) in [6, 6.07) is 0. The van der Waals surface area contributed by atoms with Crippen molar-refractivity contribution in [2.24, 2.45) is 4.30 Å². The Morgan fingerprint density at radius 2 is 2.15 bits per heavy atom. The molecule has 1 N–H and O–H groups in total. The second kappa shape index (κ2) is 5.97. The molecule has 1 aliphatic carbocycles. The summed E-state index contributed by atoms with van der Waals surface area (Å²) in [7, 11) is 4.34. The molecule has 0 aromatic carbocycles. The predicted octanol–water partition coefficient (Wildman–Crippen LogP) is 2.25. The van der Waals surface area contributed by atoms with E-state index in [1.165, 1.54) is 31.5 Å². The molecule has 0 unspecified atom stereocenters. The van der Waals surface area contributed by atoms with E-state index in [9.17, 15) is 0 Å². The zero-order chi connectivity index (χ0) is 9.52. The van der Waals surface area contributed by atoms with Gasteiger partial charge in [0.25, 0.3) is 0 Å². The molecule has 3 nitrogen and oxygen atoms in total. The molecule has 2 rings (SSSR count). The Balaban J connectivity index is 0.000000251. The fraction of sp³-hybridized carbons (Fsp3) is 0.625.